The third-order valence-corrected chi connectivity index (χ3v) is 5.19. The predicted octanol–water partition coefficient (Wildman–Crippen LogP) is 3.97. The number of ketones is 1. The number of aromatic nitrogens is 1. The van der Waals surface area contributed by atoms with Gasteiger partial charge < -0.3 is 10.1 Å². The first-order chi connectivity index (χ1) is 12.8. The second-order valence-electron chi connectivity index (χ2n) is 6.29. The van der Waals surface area contributed by atoms with Gasteiger partial charge in [0, 0.05) is 18.2 Å². The van der Waals surface area contributed by atoms with Crippen molar-refractivity contribution in [3.8, 4) is 0 Å². The quantitative estimate of drug-likeness (QED) is 0.546. The number of ether oxygens (including phenoxy) is 1. The van der Waals surface area contributed by atoms with Crippen molar-refractivity contribution in [2.24, 2.45) is 5.92 Å². The molecule has 2 atom stereocenters. The molecular formula is C20H24N2O4S. The molecule has 7 heteroatoms. The van der Waals surface area contributed by atoms with Crippen molar-refractivity contribution >= 4 is 34.1 Å². The molecule has 27 heavy (non-hydrogen) atoms. The number of Topliss-reactive ketones (excluding diaryl/α,β-unsaturated/α-hetero) is 1. The van der Waals surface area contributed by atoms with Crippen molar-refractivity contribution in [2.45, 2.75) is 40.0 Å². The van der Waals surface area contributed by atoms with Gasteiger partial charge >= 0.3 is 5.97 Å². The number of esters is 1. The number of rotatable bonds is 8. The van der Waals surface area contributed by atoms with Crippen LogP contribution in [0.25, 0.3) is 0 Å². The molecule has 2 aromatic rings. The van der Waals surface area contributed by atoms with Crippen LogP contribution in [0.5, 0.6) is 0 Å². The smallest absolute Gasteiger partial charge is 0.310 e. The summed E-state index contributed by atoms with van der Waals surface area (Å²) < 4.78 is 5.18. The minimum Gasteiger partial charge on any atom is -0.466 e. The highest BCUT2D eigenvalue weighted by atomic mass is 32.1. The molecule has 0 aliphatic heterocycles. The number of hydrogen-bond donors (Lipinski definition) is 1. The van der Waals surface area contributed by atoms with Gasteiger partial charge in [-0.1, -0.05) is 37.3 Å². The number of nitrogens with one attached hydrogen (secondary N) is 1. The fourth-order valence-electron chi connectivity index (χ4n) is 2.85. The largest absolute Gasteiger partial charge is 0.466 e. The van der Waals surface area contributed by atoms with Gasteiger partial charge in [0.15, 0.2) is 10.9 Å². The molecule has 1 amide bonds. The highest BCUT2D eigenvalue weighted by Crippen LogP contribution is 2.29. The van der Waals surface area contributed by atoms with Crippen molar-refractivity contribution in [3.05, 3.63) is 46.5 Å². The Morgan fingerprint density at radius 3 is 2.44 bits per heavy atom. The number of anilines is 1. The van der Waals surface area contributed by atoms with E-state index in [0.717, 1.165) is 10.4 Å². The highest BCUT2D eigenvalue weighted by Gasteiger charge is 2.30. The number of benzene rings is 1. The van der Waals surface area contributed by atoms with Gasteiger partial charge in [0.2, 0.25) is 5.91 Å². The second kappa shape index (κ2) is 9.41. The standard InChI is InChI=1S/C20H24N2O4S/c1-5-26-19(25)16(12(2)15-9-7-6-8-10-15)11-17(24)21-20-22-18(13(3)23)14(4)27-20/h6-10,12,16H,5,11H2,1-4H3,(H,21,22,24)/t12-,16+/m1/s1. The van der Waals surface area contributed by atoms with Crippen LogP contribution in [0, 0.1) is 12.8 Å². The normalized spacial score (nSPS) is 12.9. The molecule has 0 saturated heterocycles. The fourth-order valence-corrected chi connectivity index (χ4v) is 3.73. The van der Waals surface area contributed by atoms with Gasteiger partial charge in [-0.3, -0.25) is 14.4 Å². The third kappa shape index (κ3) is 5.47. The SMILES string of the molecule is CCOC(=O)[C@@H](CC(=O)Nc1nc(C(C)=O)c(C)s1)[C@H](C)c1ccccc1. The molecule has 144 valence electrons. The Hall–Kier alpha value is -2.54. The van der Waals surface area contributed by atoms with E-state index in [-0.39, 0.29) is 30.6 Å². The van der Waals surface area contributed by atoms with E-state index in [4.69, 9.17) is 4.74 Å². The van der Waals surface area contributed by atoms with E-state index in [1.54, 1.807) is 13.8 Å². The average molecular weight is 388 g/mol. The van der Waals surface area contributed by atoms with E-state index in [9.17, 15) is 14.4 Å². The lowest BCUT2D eigenvalue weighted by Gasteiger charge is -2.22. The van der Waals surface area contributed by atoms with E-state index in [2.05, 4.69) is 10.3 Å². The molecule has 0 fully saturated rings. The van der Waals surface area contributed by atoms with Crippen LogP contribution in [-0.2, 0) is 14.3 Å². The Labute approximate surface area is 163 Å². The summed E-state index contributed by atoms with van der Waals surface area (Å²) in [5.41, 5.74) is 1.32. The number of carbonyl (C=O) groups excluding carboxylic acids is 3. The Kier molecular flexibility index (Phi) is 7.24. The van der Waals surface area contributed by atoms with Gasteiger partial charge in [0.05, 0.1) is 12.5 Å². The fraction of sp³-hybridized carbons (Fsp3) is 0.400. The molecule has 6 nitrogen and oxygen atoms in total. The van der Waals surface area contributed by atoms with Gasteiger partial charge in [-0.05, 0) is 25.3 Å². The molecule has 0 aliphatic carbocycles. The van der Waals surface area contributed by atoms with Gasteiger partial charge in [0.1, 0.15) is 5.69 Å². The Bertz CT molecular complexity index is 817. The van der Waals surface area contributed by atoms with E-state index in [1.807, 2.05) is 37.3 Å². The number of nitrogens with zero attached hydrogens (tertiary/aromatic N) is 1. The second-order valence-corrected chi connectivity index (χ2v) is 7.49. The van der Waals surface area contributed by atoms with Gasteiger partial charge in [-0.25, -0.2) is 4.98 Å². The van der Waals surface area contributed by atoms with Crippen LogP contribution >= 0.6 is 11.3 Å². The van der Waals surface area contributed by atoms with Crippen molar-refractivity contribution in [3.63, 3.8) is 0 Å². The molecule has 0 unspecified atom stereocenters. The summed E-state index contributed by atoms with van der Waals surface area (Å²) in [6.45, 7) is 7.12. The monoisotopic (exact) mass is 388 g/mol. The molecule has 0 spiro atoms. The molecule has 2 rings (SSSR count). The number of carbonyl (C=O) groups is 3. The minimum absolute atomic E-state index is 0.0249. The molecule has 0 bridgehead atoms. The van der Waals surface area contributed by atoms with E-state index in [0.29, 0.717) is 10.8 Å². The average Bonchev–Trinajstić information content (AvgIpc) is 3.00. The van der Waals surface area contributed by atoms with Gasteiger partial charge in [-0.2, -0.15) is 0 Å². The maximum atomic E-state index is 12.5. The number of amides is 1. The Morgan fingerprint density at radius 2 is 1.89 bits per heavy atom. The van der Waals surface area contributed by atoms with Crippen LogP contribution in [0.2, 0.25) is 0 Å². The van der Waals surface area contributed by atoms with Gasteiger partial charge in [0.25, 0.3) is 0 Å². The predicted molar refractivity (Wildman–Crippen MR) is 105 cm³/mol. The summed E-state index contributed by atoms with van der Waals surface area (Å²) >= 11 is 1.24. The first-order valence-electron chi connectivity index (χ1n) is 8.83. The van der Waals surface area contributed by atoms with Crippen LogP contribution in [0.3, 0.4) is 0 Å². The van der Waals surface area contributed by atoms with Crippen molar-refractivity contribution in [1.29, 1.82) is 0 Å². The van der Waals surface area contributed by atoms with Crippen LogP contribution in [-0.4, -0.2) is 29.3 Å². The summed E-state index contributed by atoms with van der Waals surface area (Å²) in [7, 11) is 0. The van der Waals surface area contributed by atoms with Crippen LogP contribution in [0.15, 0.2) is 30.3 Å². The molecular weight excluding hydrogens is 364 g/mol. The number of thiazole rings is 1. The molecule has 1 heterocycles. The summed E-state index contributed by atoms with van der Waals surface area (Å²) in [5, 5.41) is 3.06. The molecule has 0 radical (unpaired) electrons. The van der Waals surface area contributed by atoms with E-state index in [1.165, 1.54) is 18.3 Å². The van der Waals surface area contributed by atoms with Crippen LogP contribution in [0.1, 0.15) is 54.0 Å². The molecule has 1 N–H and O–H groups in total. The minimum atomic E-state index is -0.610. The first-order valence-corrected chi connectivity index (χ1v) is 9.64. The summed E-state index contributed by atoms with van der Waals surface area (Å²) in [5.74, 6) is -1.67. The van der Waals surface area contributed by atoms with Crippen LogP contribution < -0.4 is 5.32 Å². The zero-order valence-corrected chi connectivity index (χ0v) is 16.8. The molecule has 1 aromatic heterocycles. The van der Waals surface area contributed by atoms with E-state index < -0.39 is 11.9 Å². The highest BCUT2D eigenvalue weighted by molar-refractivity contribution is 7.16. The lowest BCUT2D eigenvalue weighted by atomic mass is 9.85. The lowest BCUT2D eigenvalue weighted by molar-refractivity contribution is -0.150. The molecule has 0 aliphatic rings. The van der Waals surface area contributed by atoms with Gasteiger partial charge in [-0.15, -0.1) is 11.3 Å². The summed E-state index contributed by atoms with van der Waals surface area (Å²) in [4.78, 5) is 41.4. The van der Waals surface area contributed by atoms with Crippen molar-refractivity contribution in [1.82, 2.24) is 4.98 Å². The maximum Gasteiger partial charge on any atom is 0.310 e. The number of aryl methyl sites for hydroxylation is 1. The van der Waals surface area contributed by atoms with Crippen molar-refractivity contribution < 1.29 is 19.1 Å². The topological polar surface area (TPSA) is 85.4 Å². The molecule has 0 saturated carbocycles. The Morgan fingerprint density at radius 1 is 1.22 bits per heavy atom. The summed E-state index contributed by atoms with van der Waals surface area (Å²) in [6, 6.07) is 9.56. The first kappa shape index (κ1) is 20.8. The van der Waals surface area contributed by atoms with Crippen LogP contribution in [0.4, 0.5) is 5.13 Å². The lowest BCUT2D eigenvalue weighted by Crippen LogP contribution is -2.28. The van der Waals surface area contributed by atoms with Crippen molar-refractivity contribution in [2.75, 3.05) is 11.9 Å². The maximum absolute atomic E-state index is 12.5. The Balaban J connectivity index is 2.14. The zero-order chi connectivity index (χ0) is 20.0. The number of hydrogen-bond acceptors (Lipinski definition) is 6. The van der Waals surface area contributed by atoms with E-state index >= 15 is 0 Å². The molecule has 1 aromatic carbocycles. The zero-order valence-electron chi connectivity index (χ0n) is 15.9. The third-order valence-electron chi connectivity index (χ3n) is 4.30. The summed E-state index contributed by atoms with van der Waals surface area (Å²) in [6.07, 6.45) is -0.0249.